The predicted molar refractivity (Wildman–Crippen MR) is 73.1 cm³/mol. The molecule has 0 aromatic heterocycles. The van der Waals surface area contributed by atoms with E-state index in [4.69, 9.17) is 0 Å². The van der Waals surface area contributed by atoms with Gasteiger partial charge in [0, 0.05) is 11.3 Å². The molecule has 0 spiro atoms. The number of hydrogen-bond acceptors (Lipinski definition) is 3. The van der Waals surface area contributed by atoms with Crippen LogP contribution in [0.25, 0.3) is 0 Å². The Balaban J connectivity index is 1.72. The predicted octanol–water partition coefficient (Wildman–Crippen LogP) is 3.28. The summed E-state index contributed by atoms with van der Waals surface area (Å²) < 4.78 is 0. The zero-order valence-corrected chi connectivity index (χ0v) is 11.5. The fraction of sp³-hybridized carbons (Fsp3) is 0.923. The molecule has 0 bridgehead atoms. The van der Waals surface area contributed by atoms with Crippen LogP contribution in [0.2, 0.25) is 0 Å². The van der Waals surface area contributed by atoms with Gasteiger partial charge >= 0.3 is 0 Å². The van der Waals surface area contributed by atoms with E-state index in [0.717, 1.165) is 23.6 Å². The van der Waals surface area contributed by atoms with Crippen molar-refractivity contribution < 1.29 is 0 Å². The van der Waals surface area contributed by atoms with E-state index in [2.05, 4.69) is 31.1 Å². The second-order valence-electron chi connectivity index (χ2n) is 5.77. The number of amidine groups is 1. The highest BCUT2D eigenvalue weighted by molar-refractivity contribution is 8.14. The molecule has 0 aromatic carbocycles. The Hall–Kier alpha value is -0.180. The quantitative estimate of drug-likeness (QED) is 0.818. The van der Waals surface area contributed by atoms with Crippen molar-refractivity contribution >= 4 is 16.9 Å². The first-order valence-corrected chi connectivity index (χ1v) is 7.49. The summed E-state index contributed by atoms with van der Waals surface area (Å²) >= 11 is 1.97. The zero-order valence-electron chi connectivity index (χ0n) is 10.7. The largest absolute Gasteiger partial charge is 0.362 e. The second-order valence-corrected chi connectivity index (χ2v) is 7.06. The van der Waals surface area contributed by atoms with Crippen LogP contribution < -0.4 is 5.32 Å². The third kappa shape index (κ3) is 3.41. The van der Waals surface area contributed by atoms with Gasteiger partial charge < -0.3 is 5.32 Å². The Morgan fingerprint density at radius 2 is 2.25 bits per heavy atom. The third-order valence-corrected chi connectivity index (χ3v) is 4.62. The van der Waals surface area contributed by atoms with E-state index >= 15 is 0 Å². The smallest absolute Gasteiger partial charge is 0.157 e. The summed E-state index contributed by atoms with van der Waals surface area (Å²) in [5.41, 5.74) is 0. The maximum Gasteiger partial charge on any atom is 0.157 e. The van der Waals surface area contributed by atoms with E-state index in [0.29, 0.717) is 6.04 Å². The summed E-state index contributed by atoms with van der Waals surface area (Å²) in [4.78, 5) is 4.63. The van der Waals surface area contributed by atoms with Crippen molar-refractivity contribution in [3.05, 3.63) is 0 Å². The van der Waals surface area contributed by atoms with Crippen molar-refractivity contribution in [3.63, 3.8) is 0 Å². The van der Waals surface area contributed by atoms with Crippen molar-refractivity contribution in [1.29, 1.82) is 0 Å². The first kappa shape index (κ1) is 12.3. The third-order valence-electron chi connectivity index (χ3n) is 3.47. The molecule has 1 heterocycles. The van der Waals surface area contributed by atoms with E-state index < -0.39 is 0 Å². The zero-order chi connectivity index (χ0) is 11.5. The van der Waals surface area contributed by atoms with Gasteiger partial charge in [0.25, 0.3) is 0 Å². The number of rotatable bonds is 3. The minimum atomic E-state index is 0.694. The van der Waals surface area contributed by atoms with Crippen LogP contribution in [0.4, 0.5) is 0 Å². The molecule has 0 saturated heterocycles. The van der Waals surface area contributed by atoms with Crippen molar-refractivity contribution in [1.82, 2.24) is 5.32 Å². The van der Waals surface area contributed by atoms with Gasteiger partial charge in [0.1, 0.15) is 0 Å². The maximum absolute atomic E-state index is 4.63. The lowest BCUT2D eigenvalue weighted by molar-refractivity contribution is 0.571. The minimum Gasteiger partial charge on any atom is -0.362 e. The monoisotopic (exact) mass is 240 g/mol. The lowest BCUT2D eigenvalue weighted by Gasteiger charge is -2.14. The number of thioether (sulfide) groups is 1. The molecule has 3 atom stereocenters. The SMILES string of the molecule is CC(C)CC1CN=C(NC2CCC(C)C2)S1. The van der Waals surface area contributed by atoms with Gasteiger partial charge in [0.15, 0.2) is 5.17 Å². The van der Waals surface area contributed by atoms with Gasteiger partial charge in [0.05, 0.1) is 6.54 Å². The van der Waals surface area contributed by atoms with Crippen LogP contribution in [0.3, 0.4) is 0 Å². The van der Waals surface area contributed by atoms with Gasteiger partial charge in [-0.25, -0.2) is 0 Å². The first-order valence-electron chi connectivity index (χ1n) is 6.61. The van der Waals surface area contributed by atoms with Crippen LogP contribution in [-0.2, 0) is 0 Å². The van der Waals surface area contributed by atoms with Crippen LogP contribution in [0.15, 0.2) is 4.99 Å². The summed E-state index contributed by atoms with van der Waals surface area (Å²) in [5, 5.41) is 5.56. The fourth-order valence-corrected chi connectivity index (χ4v) is 3.99. The molecule has 2 rings (SSSR count). The van der Waals surface area contributed by atoms with Gasteiger partial charge in [-0.2, -0.15) is 0 Å². The highest BCUT2D eigenvalue weighted by Crippen LogP contribution is 2.29. The molecule has 3 unspecified atom stereocenters. The van der Waals surface area contributed by atoms with E-state index in [1.165, 1.54) is 30.9 Å². The molecular formula is C13H24N2S. The Labute approximate surface area is 104 Å². The van der Waals surface area contributed by atoms with Crippen molar-refractivity contribution in [3.8, 4) is 0 Å². The molecule has 1 N–H and O–H groups in total. The Kier molecular flexibility index (Phi) is 4.17. The molecule has 1 saturated carbocycles. The minimum absolute atomic E-state index is 0.694. The van der Waals surface area contributed by atoms with Gasteiger partial charge in [-0.3, -0.25) is 4.99 Å². The van der Waals surface area contributed by atoms with E-state index in [-0.39, 0.29) is 0 Å². The maximum atomic E-state index is 4.63. The molecule has 0 aromatic rings. The number of aliphatic imine (C=N–C) groups is 1. The normalized spacial score (nSPS) is 34.5. The summed E-state index contributed by atoms with van der Waals surface area (Å²) in [7, 11) is 0. The topological polar surface area (TPSA) is 24.4 Å². The highest BCUT2D eigenvalue weighted by atomic mass is 32.2. The molecular weight excluding hydrogens is 216 g/mol. The molecule has 1 aliphatic heterocycles. The van der Waals surface area contributed by atoms with Crippen LogP contribution >= 0.6 is 11.8 Å². The van der Waals surface area contributed by atoms with Crippen LogP contribution in [0.1, 0.15) is 46.5 Å². The molecule has 1 aliphatic carbocycles. The lowest BCUT2D eigenvalue weighted by atomic mass is 10.1. The molecule has 0 amide bonds. The van der Waals surface area contributed by atoms with Crippen molar-refractivity contribution in [2.24, 2.45) is 16.8 Å². The Morgan fingerprint density at radius 1 is 1.44 bits per heavy atom. The van der Waals surface area contributed by atoms with Gasteiger partial charge in [-0.1, -0.05) is 32.5 Å². The van der Waals surface area contributed by atoms with Crippen molar-refractivity contribution in [2.75, 3.05) is 6.54 Å². The fourth-order valence-electron chi connectivity index (χ4n) is 2.66. The molecule has 2 nitrogen and oxygen atoms in total. The molecule has 3 heteroatoms. The van der Waals surface area contributed by atoms with Crippen LogP contribution in [0.5, 0.6) is 0 Å². The molecule has 0 radical (unpaired) electrons. The second kappa shape index (κ2) is 5.44. The highest BCUT2D eigenvalue weighted by Gasteiger charge is 2.26. The number of nitrogens with one attached hydrogen (secondary N) is 1. The summed E-state index contributed by atoms with van der Waals surface area (Å²) in [6.07, 6.45) is 5.33. The van der Waals surface area contributed by atoms with E-state index in [1.54, 1.807) is 0 Å². The first-order chi connectivity index (χ1) is 7.63. The van der Waals surface area contributed by atoms with E-state index in [1.807, 2.05) is 11.8 Å². The molecule has 92 valence electrons. The van der Waals surface area contributed by atoms with Crippen molar-refractivity contribution in [2.45, 2.75) is 57.7 Å². The lowest BCUT2D eigenvalue weighted by Crippen LogP contribution is -2.30. The molecule has 1 fully saturated rings. The average molecular weight is 240 g/mol. The summed E-state index contributed by atoms with van der Waals surface area (Å²) in [6.45, 7) is 7.97. The van der Waals surface area contributed by atoms with Gasteiger partial charge in [-0.15, -0.1) is 0 Å². The number of hydrogen-bond donors (Lipinski definition) is 1. The van der Waals surface area contributed by atoms with Gasteiger partial charge in [-0.05, 0) is 37.5 Å². The average Bonchev–Trinajstić information content (AvgIpc) is 2.76. The summed E-state index contributed by atoms with van der Waals surface area (Å²) in [5.74, 6) is 1.69. The molecule has 2 aliphatic rings. The van der Waals surface area contributed by atoms with Crippen LogP contribution in [0, 0.1) is 11.8 Å². The number of nitrogens with zero attached hydrogens (tertiary/aromatic N) is 1. The summed E-state index contributed by atoms with van der Waals surface area (Å²) in [6, 6.07) is 0.694. The van der Waals surface area contributed by atoms with Gasteiger partial charge in [0.2, 0.25) is 0 Å². The van der Waals surface area contributed by atoms with E-state index in [9.17, 15) is 0 Å². The van der Waals surface area contributed by atoms with Crippen LogP contribution in [-0.4, -0.2) is 23.0 Å². The Bertz CT molecular complexity index is 263. The standard InChI is InChI=1S/C13H24N2S/c1-9(2)6-12-8-14-13(16-12)15-11-5-4-10(3)7-11/h9-12H,4-8H2,1-3H3,(H,14,15). The Morgan fingerprint density at radius 3 is 2.88 bits per heavy atom. The molecule has 16 heavy (non-hydrogen) atoms.